The zero-order chi connectivity index (χ0) is 56.3. The Labute approximate surface area is 479 Å². The maximum absolute atomic E-state index is 2.32. The van der Waals surface area contributed by atoms with Gasteiger partial charge in [-0.1, -0.05) is 267 Å². The maximum atomic E-state index is 2.32. The van der Waals surface area contributed by atoms with Crippen molar-refractivity contribution in [1.82, 2.24) is 18.3 Å². The van der Waals surface area contributed by atoms with Gasteiger partial charge in [0.05, 0.1) is 33.1 Å². The molecule has 0 saturated carbocycles. The topological polar surface area (TPSA) is 19.7 Å². The van der Waals surface area contributed by atoms with Crippen LogP contribution in [0.5, 0.6) is 0 Å². The monoisotopic (exact) mass is 1060 g/mol. The second-order valence-corrected chi connectivity index (χ2v) is 19.7. The molecule has 0 unspecified atom stereocenters. The minimum absolute atomic E-state index is 1.21. The largest absolute Gasteiger partial charge is 0.344 e. The summed E-state index contributed by atoms with van der Waals surface area (Å²) in [7, 11) is 2.12. The minimum Gasteiger partial charge on any atom is -0.344 e. The van der Waals surface area contributed by atoms with Crippen molar-refractivity contribution in [2.45, 2.75) is 67.2 Å². The SMILES string of the molecule is CC.CCCC.CCCC.Cn1c2ccccc2c2ccccc21.c1ccc(-n2c3ccccc3c3ccccc32)cc1.c1ccc(-n2c3ccccc3c3ccccc32)cc1.c1ccc(-n2c3ccccc3c3ccccc32)cc1. The first-order valence-corrected chi connectivity index (χ1v) is 29.1. The number of aryl methyl sites for hydroxylation is 1. The molecule has 0 atom stereocenters. The average molecular weight is 1060 g/mol. The van der Waals surface area contributed by atoms with Crippen LogP contribution in [-0.4, -0.2) is 18.3 Å². The molecule has 404 valence electrons. The second-order valence-electron chi connectivity index (χ2n) is 19.7. The second kappa shape index (κ2) is 28.0. The molecule has 15 rings (SSSR count). The Kier molecular flexibility index (Phi) is 19.5. The number of aromatic nitrogens is 4. The van der Waals surface area contributed by atoms with Crippen LogP contribution >= 0.6 is 0 Å². The smallest absolute Gasteiger partial charge is 0.0541 e. The molecule has 81 heavy (non-hydrogen) atoms. The molecule has 0 aliphatic rings. The van der Waals surface area contributed by atoms with Crippen molar-refractivity contribution >= 4 is 87.2 Å². The van der Waals surface area contributed by atoms with Crippen molar-refractivity contribution in [3.63, 3.8) is 0 Å². The fraction of sp³-hybridized carbons (Fsp3) is 0.143. The number of nitrogens with zero attached hydrogens (tertiary/aromatic N) is 4. The van der Waals surface area contributed by atoms with Gasteiger partial charge in [-0.2, -0.15) is 0 Å². The van der Waals surface area contributed by atoms with Crippen LogP contribution in [0.4, 0.5) is 0 Å². The Bertz CT molecular complexity index is 3790. The summed E-state index contributed by atoms with van der Waals surface area (Å²) in [6.45, 7) is 12.7. The van der Waals surface area contributed by atoms with Crippen LogP contribution in [0.25, 0.3) is 104 Å². The van der Waals surface area contributed by atoms with Crippen LogP contribution in [0.15, 0.2) is 285 Å². The lowest BCUT2D eigenvalue weighted by atomic mass is 10.2. The van der Waals surface area contributed by atoms with E-state index in [9.17, 15) is 0 Å². The molecule has 4 heterocycles. The van der Waals surface area contributed by atoms with Gasteiger partial charge in [0.25, 0.3) is 0 Å². The summed E-state index contributed by atoms with van der Waals surface area (Å²) < 4.78 is 9.21. The first kappa shape index (κ1) is 56.3. The summed E-state index contributed by atoms with van der Waals surface area (Å²) in [5.74, 6) is 0. The van der Waals surface area contributed by atoms with Crippen LogP contribution in [0.1, 0.15) is 67.2 Å². The summed E-state index contributed by atoms with van der Waals surface area (Å²) in [6.07, 6.45) is 5.28. The van der Waals surface area contributed by atoms with E-state index < -0.39 is 0 Å². The van der Waals surface area contributed by atoms with Crippen LogP contribution < -0.4 is 0 Å². The zero-order valence-corrected chi connectivity index (χ0v) is 48.3. The van der Waals surface area contributed by atoms with Crippen LogP contribution in [0.2, 0.25) is 0 Å². The van der Waals surface area contributed by atoms with Crippen molar-refractivity contribution in [1.29, 1.82) is 0 Å². The van der Waals surface area contributed by atoms with Gasteiger partial charge >= 0.3 is 0 Å². The van der Waals surface area contributed by atoms with Gasteiger partial charge in [-0.05, 0) is 84.9 Å². The van der Waals surface area contributed by atoms with E-state index >= 15 is 0 Å². The highest BCUT2D eigenvalue weighted by molar-refractivity contribution is 6.11. The lowest BCUT2D eigenvalue weighted by Crippen LogP contribution is -1.92. The first-order valence-electron chi connectivity index (χ1n) is 29.1. The van der Waals surface area contributed by atoms with Gasteiger partial charge in [-0.15, -0.1) is 0 Å². The van der Waals surface area contributed by atoms with Gasteiger partial charge in [0.1, 0.15) is 0 Å². The predicted molar refractivity (Wildman–Crippen MR) is 355 cm³/mol. The average Bonchev–Trinajstić information content (AvgIpc) is 4.34. The molecule has 0 saturated heterocycles. The number of benzene rings is 11. The van der Waals surface area contributed by atoms with Crippen molar-refractivity contribution < 1.29 is 0 Å². The summed E-state index contributed by atoms with van der Waals surface area (Å²) in [5, 5.41) is 10.5. The predicted octanol–water partition coefficient (Wildman–Crippen LogP) is 22.3. The quantitative estimate of drug-likeness (QED) is 0.164. The van der Waals surface area contributed by atoms with Gasteiger partial charge in [0.2, 0.25) is 0 Å². The fourth-order valence-corrected chi connectivity index (χ4v) is 10.5. The third kappa shape index (κ3) is 12.3. The van der Waals surface area contributed by atoms with E-state index in [1.807, 2.05) is 13.8 Å². The molecular weight excluding hydrogens is 981 g/mol. The molecule has 0 radical (unpaired) electrons. The van der Waals surface area contributed by atoms with Gasteiger partial charge < -0.3 is 18.3 Å². The molecule has 0 spiro atoms. The molecule has 4 heteroatoms. The minimum atomic E-state index is 1.21. The maximum Gasteiger partial charge on any atom is 0.0541 e. The number of hydrogen-bond acceptors (Lipinski definition) is 0. The fourth-order valence-electron chi connectivity index (χ4n) is 10.5. The third-order valence-electron chi connectivity index (χ3n) is 14.6. The Morgan fingerprint density at radius 3 is 0.531 bits per heavy atom. The molecular formula is C77H76N4. The van der Waals surface area contributed by atoms with E-state index in [2.05, 4.69) is 338 Å². The molecule has 11 aromatic carbocycles. The van der Waals surface area contributed by atoms with E-state index in [-0.39, 0.29) is 0 Å². The van der Waals surface area contributed by atoms with Gasteiger partial charge in [0.15, 0.2) is 0 Å². The molecule has 15 aromatic rings. The van der Waals surface area contributed by atoms with Crippen molar-refractivity contribution in [3.05, 3.63) is 285 Å². The molecule has 0 N–H and O–H groups in total. The Hall–Kier alpha value is -9.38. The van der Waals surface area contributed by atoms with Crippen molar-refractivity contribution in [2.24, 2.45) is 7.05 Å². The van der Waals surface area contributed by atoms with E-state index in [0.29, 0.717) is 0 Å². The van der Waals surface area contributed by atoms with Gasteiger partial charge in [-0.25, -0.2) is 0 Å². The van der Waals surface area contributed by atoms with E-state index in [1.165, 1.54) is 130 Å². The van der Waals surface area contributed by atoms with E-state index in [1.54, 1.807) is 0 Å². The summed E-state index contributed by atoms with van der Waals surface area (Å²) in [5.41, 5.74) is 13.8. The molecule has 0 aliphatic carbocycles. The van der Waals surface area contributed by atoms with Crippen LogP contribution in [0, 0.1) is 0 Å². The van der Waals surface area contributed by atoms with Gasteiger partial charge in [-0.3, -0.25) is 0 Å². The summed E-state index contributed by atoms with van der Waals surface area (Å²) in [4.78, 5) is 0. The normalized spacial score (nSPS) is 10.6. The van der Waals surface area contributed by atoms with Crippen molar-refractivity contribution in [2.75, 3.05) is 0 Å². The Morgan fingerprint density at radius 1 is 0.198 bits per heavy atom. The molecule has 4 aromatic heterocycles. The highest BCUT2D eigenvalue weighted by Crippen LogP contribution is 2.34. The van der Waals surface area contributed by atoms with E-state index in [4.69, 9.17) is 0 Å². The highest BCUT2D eigenvalue weighted by Gasteiger charge is 2.13. The van der Waals surface area contributed by atoms with Crippen molar-refractivity contribution in [3.8, 4) is 17.1 Å². The number of rotatable bonds is 5. The van der Waals surface area contributed by atoms with Crippen LogP contribution in [0.3, 0.4) is 0 Å². The molecule has 0 fully saturated rings. The Balaban J connectivity index is 0.000000124. The summed E-state index contributed by atoms with van der Waals surface area (Å²) >= 11 is 0. The lowest BCUT2D eigenvalue weighted by molar-refractivity contribution is 0.886. The number of unbranched alkanes of at least 4 members (excludes halogenated alkanes) is 2. The van der Waals surface area contributed by atoms with Gasteiger partial charge in [0, 0.05) is 78.2 Å². The molecule has 0 amide bonds. The lowest BCUT2D eigenvalue weighted by Gasteiger charge is -2.06. The first-order chi connectivity index (χ1) is 40.1. The highest BCUT2D eigenvalue weighted by atomic mass is 15.0. The Morgan fingerprint density at radius 2 is 0.346 bits per heavy atom. The van der Waals surface area contributed by atoms with E-state index in [0.717, 1.165) is 0 Å². The number of hydrogen-bond donors (Lipinski definition) is 0. The summed E-state index contributed by atoms with van der Waals surface area (Å²) in [6, 6.07) is 100. The number of para-hydroxylation sites is 11. The molecule has 0 aliphatic heterocycles. The standard InChI is InChI=1S/3C18H13N.C13H11N.2C4H10.C2H6/c3*1-2-8-14(9-3-1)19-17-12-6-4-10-15(17)16-11-5-7-13-18(16)19;1-14-12-8-4-2-6-10(12)11-7-3-5-9-13(11)14;2*1-3-4-2;1-2/h3*1-13H;2-9H,1H3;2*3-4H2,1-2H3;1-2H3. The number of fused-ring (bicyclic) bond motifs is 12. The molecule has 4 nitrogen and oxygen atoms in total. The molecule has 0 bridgehead atoms. The van der Waals surface area contributed by atoms with Crippen LogP contribution in [-0.2, 0) is 7.05 Å². The third-order valence-corrected chi connectivity index (χ3v) is 14.6. The zero-order valence-electron chi connectivity index (χ0n) is 48.3.